The summed E-state index contributed by atoms with van der Waals surface area (Å²) >= 11 is 3.25. The Hall–Kier alpha value is -1.59. The molecule has 0 aliphatic heterocycles. The minimum atomic E-state index is -0.0590. The highest BCUT2D eigenvalue weighted by Gasteiger charge is 2.00. The zero-order valence-electron chi connectivity index (χ0n) is 10.3. The molecule has 0 fully saturated rings. The summed E-state index contributed by atoms with van der Waals surface area (Å²) in [6, 6.07) is 13.9. The van der Waals surface area contributed by atoms with Gasteiger partial charge in [-0.15, -0.1) is 23.1 Å². The predicted octanol–water partition coefficient (Wildman–Crippen LogP) is 3.38. The fourth-order valence-electron chi connectivity index (χ4n) is 1.37. The van der Waals surface area contributed by atoms with Crippen molar-refractivity contribution >= 4 is 35.2 Å². The number of hydrogen-bond donors (Lipinski definition) is 1. The van der Waals surface area contributed by atoms with Crippen molar-refractivity contribution in [1.82, 2.24) is 5.43 Å². The average molecular weight is 290 g/mol. The zero-order valence-corrected chi connectivity index (χ0v) is 11.9. The standard InChI is InChI=1S/C14H14N2OS2/c17-14(16-15-11-13-7-4-9-18-13)8-10-19-12-5-2-1-3-6-12/h1-7,9,11H,8,10H2,(H,16,17)/b15-11-. The number of carbonyl (C=O) groups is 1. The maximum absolute atomic E-state index is 11.5. The Bertz CT molecular complexity index is 524. The Kier molecular flexibility index (Phi) is 5.65. The van der Waals surface area contributed by atoms with E-state index >= 15 is 0 Å². The molecule has 0 saturated heterocycles. The highest BCUT2D eigenvalue weighted by molar-refractivity contribution is 7.99. The zero-order chi connectivity index (χ0) is 13.3. The number of hydrazone groups is 1. The van der Waals surface area contributed by atoms with Gasteiger partial charge in [0.05, 0.1) is 6.21 Å². The van der Waals surface area contributed by atoms with E-state index in [1.807, 2.05) is 47.8 Å². The molecule has 0 radical (unpaired) electrons. The monoisotopic (exact) mass is 290 g/mol. The topological polar surface area (TPSA) is 41.5 Å². The highest BCUT2D eigenvalue weighted by Crippen LogP contribution is 2.17. The maximum atomic E-state index is 11.5. The van der Waals surface area contributed by atoms with Crippen LogP contribution in [0.2, 0.25) is 0 Å². The number of amides is 1. The van der Waals surface area contributed by atoms with Crippen molar-refractivity contribution in [3.8, 4) is 0 Å². The van der Waals surface area contributed by atoms with E-state index in [-0.39, 0.29) is 5.91 Å². The van der Waals surface area contributed by atoms with Crippen LogP contribution in [0.25, 0.3) is 0 Å². The second kappa shape index (κ2) is 7.76. The quantitative estimate of drug-likeness (QED) is 0.503. The molecular weight excluding hydrogens is 276 g/mol. The van der Waals surface area contributed by atoms with Gasteiger partial charge in [0.1, 0.15) is 0 Å². The smallest absolute Gasteiger partial charge is 0.240 e. The van der Waals surface area contributed by atoms with Crippen LogP contribution in [-0.4, -0.2) is 17.9 Å². The first-order valence-corrected chi connectivity index (χ1v) is 7.74. The summed E-state index contributed by atoms with van der Waals surface area (Å²) in [4.78, 5) is 13.7. The number of nitrogens with one attached hydrogen (secondary N) is 1. The third-order valence-electron chi connectivity index (χ3n) is 2.27. The van der Waals surface area contributed by atoms with Crippen molar-refractivity contribution in [2.75, 3.05) is 5.75 Å². The molecule has 0 spiro atoms. The number of hydrogen-bond acceptors (Lipinski definition) is 4. The number of nitrogens with zero attached hydrogens (tertiary/aromatic N) is 1. The number of rotatable bonds is 6. The molecule has 0 bridgehead atoms. The lowest BCUT2D eigenvalue weighted by Gasteiger charge is -2.00. The molecule has 0 atom stereocenters. The Morgan fingerprint density at radius 2 is 2.11 bits per heavy atom. The number of benzene rings is 1. The number of carbonyl (C=O) groups excluding carboxylic acids is 1. The molecule has 5 heteroatoms. The second-order valence-corrected chi connectivity index (χ2v) is 5.87. The van der Waals surface area contributed by atoms with E-state index in [1.54, 1.807) is 29.3 Å². The molecule has 1 amide bonds. The first-order chi connectivity index (χ1) is 9.34. The van der Waals surface area contributed by atoms with E-state index in [0.717, 1.165) is 10.6 Å². The fourth-order valence-corrected chi connectivity index (χ4v) is 2.82. The molecule has 0 aliphatic rings. The van der Waals surface area contributed by atoms with Gasteiger partial charge < -0.3 is 0 Å². The third kappa shape index (κ3) is 5.28. The Labute approximate surface area is 120 Å². The predicted molar refractivity (Wildman–Crippen MR) is 81.8 cm³/mol. The SMILES string of the molecule is O=C(CCSc1ccccc1)N/N=C\c1cccs1. The van der Waals surface area contributed by atoms with Crippen molar-refractivity contribution in [3.63, 3.8) is 0 Å². The highest BCUT2D eigenvalue weighted by atomic mass is 32.2. The van der Waals surface area contributed by atoms with Crippen LogP contribution in [0, 0.1) is 0 Å². The third-order valence-corrected chi connectivity index (χ3v) is 4.09. The van der Waals surface area contributed by atoms with Crippen LogP contribution in [0.4, 0.5) is 0 Å². The van der Waals surface area contributed by atoms with Crippen molar-refractivity contribution in [3.05, 3.63) is 52.7 Å². The van der Waals surface area contributed by atoms with Crippen molar-refractivity contribution in [2.45, 2.75) is 11.3 Å². The molecule has 2 aromatic rings. The first kappa shape index (κ1) is 13.8. The summed E-state index contributed by atoms with van der Waals surface area (Å²) in [5.41, 5.74) is 2.53. The van der Waals surface area contributed by atoms with Crippen LogP contribution >= 0.6 is 23.1 Å². The molecule has 3 nitrogen and oxygen atoms in total. The molecule has 0 aliphatic carbocycles. The summed E-state index contributed by atoms with van der Waals surface area (Å²) in [5, 5.41) is 5.89. The molecule has 1 aromatic carbocycles. The van der Waals surface area contributed by atoms with Gasteiger partial charge in [-0.3, -0.25) is 4.79 Å². The van der Waals surface area contributed by atoms with Gasteiger partial charge >= 0.3 is 0 Å². The summed E-state index contributed by atoms with van der Waals surface area (Å²) in [6.45, 7) is 0. The molecular formula is C14H14N2OS2. The summed E-state index contributed by atoms with van der Waals surface area (Å²) in [5.74, 6) is 0.695. The van der Waals surface area contributed by atoms with Gasteiger partial charge in [-0.25, -0.2) is 5.43 Å². The van der Waals surface area contributed by atoms with E-state index < -0.39 is 0 Å². The van der Waals surface area contributed by atoms with Gasteiger partial charge in [-0.05, 0) is 23.6 Å². The molecule has 1 heterocycles. The van der Waals surface area contributed by atoms with Crippen LogP contribution in [0.1, 0.15) is 11.3 Å². The lowest BCUT2D eigenvalue weighted by molar-refractivity contribution is -0.120. The van der Waals surface area contributed by atoms with Crippen molar-refractivity contribution in [1.29, 1.82) is 0 Å². The molecule has 19 heavy (non-hydrogen) atoms. The first-order valence-electron chi connectivity index (χ1n) is 5.88. The summed E-state index contributed by atoms with van der Waals surface area (Å²) in [7, 11) is 0. The molecule has 2 rings (SSSR count). The van der Waals surface area contributed by atoms with Crippen LogP contribution in [0.5, 0.6) is 0 Å². The molecule has 0 saturated carbocycles. The van der Waals surface area contributed by atoms with Crippen LogP contribution in [-0.2, 0) is 4.79 Å². The molecule has 1 N–H and O–H groups in total. The Morgan fingerprint density at radius 3 is 2.84 bits per heavy atom. The maximum Gasteiger partial charge on any atom is 0.240 e. The normalized spacial score (nSPS) is 10.7. The van der Waals surface area contributed by atoms with Crippen molar-refractivity contribution in [2.24, 2.45) is 5.10 Å². The van der Waals surface area contributed by atoms with Crippen LogP contribution in [0.3, 0.4) is 0 Å². The van der Waals surface area contributed by atoms with E-state index in [0.29, 0.717) is 6.42 Å². The van der Waals surface area contributed by atoms with E-state index in [2.05, 4.69) is 10.5 Å². The summed E-state index contributed by atoms with van der Waals surface area (Å²) in [6.07, 6.45) is 2.12. The van der Waals surface area contributed by atoms with E-state index in [4.69, 9.17) is 0 Å². The fraction of sp³-hybridized carbons (Fsp3) is 0.143. The minimum absolute atomic E-state index is 0.0590. The Balaban J connectivity index is 1.65. The number of thioether (sulfide) groups is 1. The largest absolute Gasteiger partial charge is 0.273 e. The van der Waals surface area contributed by atoms with Gasteiger partial charge in [0.2, 0.25) is 5.91 Å². The molecule has 1 aromatic heterocycles. The average Bonchev–Trinajstić information content (AvgIpc) is 2.93. The van der Waals surface area contributed by atoms with E-state index in [9.17, 15) is 4.79 Å². The number of thiophene rings is 1. The lowest BCUT2D eigenvalue weighted by Crippen LogP contribution is -2.17. The Morgan fingerprint density at radius 1 is 1.26 bits per heavy atom. The summed E-state index contributed by atoms with van der Waals surface area (Å²) < 4.78 is 0. The lowest BCUT2D eigenvalue weighted by atomic mass is 10.4. The van der Waals surface area contributed by atoms with Gasteiger partial charge in [0.15, 0.2) is 0 Å². The molecule has 0 unspecified atom stereocenters. The van der Waals surface area contributed by atoms with E-state index in [1.165, 1.54) is 4.90 Å². The van der Waals surface area contributed by atoms with Gasteiger partial charge in [0, 0.05) is 21.9 Å². The van der Waals surface area contributed by atoms with Crippen molar-refractivity contribution < 1.29 is 4.79 Å². The van der Waals surface area contributed by atoms with Gasteiger partial charge in [-0.2, -0.15) is 5.10 Å². The van der Waals surface area contributed by atoms with Crippen LogP contribution < -0.4 is 5.43 Å². The second-order valence-electron chi connectivity index (χ2n) is 3.72. The molecule has 98 valence electrons. The van der Waals surface area contributed by atoms with Gasteiger partial charge in [-0.1, -0.05) is 24.3 Å². The van der Waals surface area contributed by atoms with Crippen LogP contribution in [0.15, 0.2) is 57.8 Å². The van der Waals surface area contributed by atoms with Gasteiger partial charge in [0.25, 0.3) is 0 Å². The minimum Gasteiger partial charge on any atom is -0.273 e.